The third kappa shape index (κ3) is 8.94. The molecule has 12 nitrogen and oxygen atoms in total. The molecule has 52 heavy (non-hydrogen) atoms. The summed E-state index contributed by atoms with van der Waals surface area (Å²) in [4.78, 5) is 31.3. The van der Waals surface area contributed by atoms with Crippen LogP contribution in [0, 0.1) is 6.92 Å². The molecule has 0 bridgehead atoms. The van der Waals surface area contributed by atoms with Gasteiger partial charge in [-0.1, -0.05) is 35.9 Å². The number of nitrogens with zero attached hydrogens (tertiary/aromatic N) is 2. The molecule has 1 fully saturated rings. The molecule has 2 atom stereocenters. The fraction of sp³-hybridized carbons (Fsp3) is 0.359. The van der Waals surface area contributed by atoms with Gasteiger partial charge in [0.1, 0.15) is 37.9 Å². The maximum Gasteiger partial charge on any atom is 0.331 e. The number of aliphatic hydroxyl groups is 2. The molecule has 0 radical (unpaired) electrons. The predicted octanol–water partition coefficient (Wildman–Crippen LogP) is 4.86. The van der Waals surface area contributed by atoms with Gasteiger partial charge in [-0.25, -0.2) is 4.79 Å². The summed E-state index contributed by atoms with van der Waals surface area (Å²) in [6, 6.07) is 16.0. The van der Waals surface area contributed by atoms with Crippen molar-refractivity contribution in [2.45, 2.75) is 52.2 Å². The molecule has 3 aromatic carbocycles. The summed E-state index contributed by atoms with van der Waals surface area (Å²) in [7, 11) is 0. The Balaban J connectivity index is 1.19. The average Bonchev–Trinajstić information content (AvgIpc) is 3.57. The molecule has 274 valence electrons. The number of rotatable bonds is 14. The molecular formula is C39H42ClN3O9. The molecule has 0 aliphatic carbocycles. The van der Waals surface area contributed by atoms with Crippen molar-refractivity contribution in [3.63, 3.8) is 0 Å². The summed E-state index contributed by atoms with van der Waals surface area (Å²) in [6.07, 6.45) is 3.23. The fourth-order valence-corrected chi connectivity index (χ4v) is 6.42. The van der Waals surface area contributed by atoms with Gasteiger partial charge in [-0.15, -0.1) is 0 Å². The molecule has 0 saturated carbocycles. The van der Waals surface area contributed by atoms with Crippen molar-refractivity contribution in [3.05, 3.63) is 99.8 Å². The lowest BCUT2D eigenvalue weighted by molar-refractivity contribution is -0.146. The SMILES string of the molecule is CCOC(=O)[C@H](CO)NC(=O)c1cncc(COc2cc(OCc3cccc(-c4ccc5c(c4)OCCO5)c3C)c(Cl)cc2CN2CC[C@H](O)C2)c1. The lowest BCUT2D eigenvalue weighted by Crippen LogP contribution is -2.44. The Morgan fingerprint density at radius 1 is 1.02 bits per heavy atom. The number of ether oxygens (including phenoxy) is 5. The highest BCUT2D eigenvalue weighted by Gasteiger charge is 2.24. The van der Waals surface area contributed by atoms with Crippen LogP contribution in [0.5, 0.6) is 23.0 Å². The van der Waals surface area contributed by atoms with Crippen LogP contribution in [-0.4, -0.2) is 83.6 Å². The van der Waals surface area contributed by atoms with E-state index in [1.807, 2.05) is 36.4 Å². The molecule has 0 spiro atoms. The van der Waals surface area contributed by atoms with Crippen molar-refractivity contribution in [2.24, 2.45) is 0 Å². The molecule has 3 N–H and O–H groups in total. The van der Waals surface area contributed by atoms with Crippen molar-refractivity contribution < 1.29 is 43.5 Å². The number of nitrogens with one attached hydrogen (secondary N) is 1. The van der Waals surface area contributed by atoms with Crippen molar-refractivity contribution in [2.75, 3.05) is 39.5 Å². The molecule has 6 rings (SSSR count). The van der Waals surface area contributed by atoms with Gasteiger partial charge in [0.15, 0.2) is 17.5 Å². The van der Waals surface area contributed by atoms with Crippen molar-refractivity contribution in [3.8, 4) is 34.1 Å². The smallest absolute Gasteiger partial charge is 0.331 e. The first-order valence-corrected chi connectivity index (χ1v) is 17.6. The van der Waals surface area contributed by atoms with Crippen LogP contribution >= 0.6 is 11.6 Å². The predicted molar refractivity (Wildman–Crippen MR) is 193 cm³/mol. The maximum atomic E-state index is 12.9. The Kier molecular flexibility index (Phi) is 12.1. The van der Waals surface area contributed by atoms with Crippen LogP contribution in [0.3, 0.4) is 0 Å². The van der Waals surface area contributed by atoms with E-state index in [2.05, 4.69) is 28.2 Å². The zero-order valence-electron chi connectivity index (χ0n) is 29.1. The van der Waals surface area contributed by atoms with Crippen LogP contribution in [0.2, 0.25) is 5.02 Å². The van der Waals surface area contributed by atoms with Crippen molar-refractivity contribution >= 4 is 23.5 Å². The van der Waals surface area contributed by atoms with E-state index in [9.17, 15) is 19.8 Å². The van der Waals surface area contributed by atoms with Crippen LogP contribution in [0.4, 0.5) is 0 Å². The third-order valence-corrected chi connectivity index (χ3v) is 9.24. The minimum Gasteiger partial charge on any atom is -0.488 e. The number of aromatic nitrogens is 1. The van der Waals surface area contributed by atoms with Gasteiger partial charge in [-0.2, -0.15) is 0 Å². The maximum absolute atomic E-state index is 12.9. The minimum atomic E-state index is -1.20. The van der Waals surface area contributed by atoms with Gasteiger partial charge in [-0.05, 0) is 66.8 Å². The van der Waals surface area contributed by atoms with Gasteiger partial charge in [-0.3, -0.25) is 14.7 Å². The van der Waals surface area contributed by atoms with E-state index >= 15 is 0 Å². The number of carbonyl (C=O) groups excluding carboxylic acids is 2. The van der Waals surface area contributed by atoms with E-state index in [0.29, 0.717) is 54.8 Å². The summed E-state index contributed by atoms with van der Waals surface area (Å²) in [6.45, 7) is 6.33. The number of hydrogen-bond acceptors (Lipinski definition) is 11. The average molecular weight is 732 g/mol. The van der Waals surface area contributed by atoms with Gasteiger partial charge in [0.05, 0.1) is 29.9 Å². The van der Waals surface area contributed by atoms with E-state index < -0.39 is 30.6 Å². The number of aliphatic hydroxyl groups excluding tert-OH is 2. The van der Waals surface area contributed by atoms with Gasteiger partial charge in [0.2, 0.25) is 0 Å². The van der Waals surface area contributed by atoms with Crippen LogP contribution in [-0.2, 0) is 29.3 Å². The largest absolute Gasteiger partial charge is 0.488 e. The number of carbonyl (C=O) groups is 2. The van der Waals surface area contributed by atoms with Crippen LogP contribution in [0.15, 0.2) is 67.0 Å². The number of halogens is 1. The second-order valence-electron chi connectivity index (χ2n) is 12.6. The lowest BCUT2D eigenvalue weighted by Gasteiger charge is -2.21. The fourth-order valence-electron chi connectivity index (χ4n) is 6.18. The summed E-state index contributed by atoms with van der Waals surface area (Å²) >= 11 is 6.80. The monoisotopic (exact) mass is 731 g/mol. The van der Waals surface area contributed by atoms with Gasteiger partial charge in [0.25, 0.3) is 5.91 Å². The zero-order valence-corrected chi connectivity index (χ0v) is 29.9. The summed E-state index contributed by atoms with van der Waals surface area (Å²) < 4.78 is 29.1. The Morgan fingerprint density at radius 3 is 2.60 bits per heavy atom. The third-order valence-electron chi connectivity index (χ3n) is 8.95. The topological polar surface area (TPSA) is 149 Å². The van der Waals surface area contributed by atoms with E-state index in [0.717, 1.165) is 45.9 Å². The highest BCUT2D eigenvalue weighted by Crippen LogP contribution is 2.38. The highest BCUT2D eigenvalue weighted by molar-refractivity contribution is 6.32. The summed E-state index contributed by atoms with van der Waals surface area (Å²) in [5, 5.41) is 22.6. The number of amides is 1. The Hall–Kier alpha value is -4.88. The number of esters is 1. The van der Waals surface area contributed by atoms with Crippen LogP contribution in [0.25, 0.3) is 11.1 Å². The summed E-state index contributed by atoms with van der Waals surface area (Å²) in [5.74, 6) is 1.10. The lowest BCUT2D eigenvalue weighted by atomic mass is 9.96. The molecule has 1 amide bonds. The number of pyridine rings is 1. The standard InChI is InChI=1S/C39H42ClN3O9/c1-3-48-39(47)33(21-44)42-38(46)28-13-25(17-41-18-28)22-51-35-16-36(32(40)14-29(35)19-43-10-9-30(45)20-43)52-23-27-5-4-6-31(24(27)2)26-7-8-34-37(15-26)50-12-11-49-34/h4-8,13-18,30,33,44-45H,3,9-12,19-23H2,1-2H3,(H,42,46)/t30-,33-/m0/s1. The first-order chi connectivity index (χ1) is 25.2. The Morgan fingerprint density at radius 2 is 1.83 bits per heavy atom. The Labute approximate surface area is 307 Å². The molecule has 2 aliphatic heterocycles. The van der Waals surface area contributed by atoms with Crippen LogP contribution in [0.1, 0.15) is 46.0 Å². The second kappa shape index (κ2) is 17.1. The van der Waals surface area contributed by atoms with E-state index in [1.165, 1.54) is 6.20 Å². The number of fused-ring (bicyclic) bond motifs is 1. The second-order valence-corrected chi connectivity index (χ2v) is 13.0. The molecule has 1 aromatic heterocycles. The quantitative estimate of drug-likeness (QED) is 0.153. The van der Waals surface area contributed by atoms with Crippen LogP contribution < -0.4 is 24.3 Å². The Bertz CT molecular complexity index is 1910. The zero-order chi connectivity index (χ0) is 36.6. The highest BCUT2D eigenvalue weighted by atomic mass is 35.5. The van der Waals surface area contributed by atoms with E-state index in [1.54, 1.807) is 25.3 Å². The number of benzene rings is 3. The van der Waals surface area contributed by atoms with Crippen molar-refractivity contribution in [1.82, 2.24) is 15.2 Å². The molecule has 1 saturated heterocycles. The van der Waals surface area contributed by atoms with Crippen molar-refractivity contribution in [1.29, 1.82) is 0 Å². The van der Waals surface area contributed by atoms with E-state index in [-0.39, 0.29) is 25.4 Å². The summed E-state index contributed by atoms with van der Waals surface area (Å²) in [5.41, 5.74) is 5.68. The number of likely N-dealkylation sites (tertiary alicyclic amines) is 1. The molecule has 0 unspecified atom stereocenters. The normalized spacial score (nSPS) is 15.9. The molecule has 2 aliphatic rings. The van der Waals surface area contributed by atoms with Gasteiger partial charge in [0, 0.05) is 49.2 Å². The molecule has 13 heteroatoms. The first-order valence-electron chi connectivity index (χ1n) is 17.2. The number of β-amino-alcohol motifs (C(OH)–C–C–N with tert-alkyl or cyclic N) is 1. The molecular weight excluding hydrogens is 690 g/mol. The first kappa shape index (κ1) is 36.9. The van der Waals surface area contributed by atoms with Gasteiger partial charge < -0.3 is 39.2 Å². The minimum absolute atomic E-state index is 0.0583. The van der Waals surface area contributed by atoms with Gasteiger partial charge >= 0.3 is 5.97 Å². The van der Waals surface area contributed by atoms with E-state index in [4.69, 9.17) is 35.3 Å². The number of hydrogen-bond donors (Lipinski definition) is 3. The molecule has 3 heterocycles. The molecule has 4 aromatic rings.